The minimum atomic E-state index is -0.782. The quantitative estimate of drug-likeness (QED) is 0.842. The zero-order valence-corrected chi connectivity index (χ0v) is 13.7. The van der Waals surface area contributed by atoms with Gasteiger partial charge < -0.3 is 15.5 Å². The van der Waals surface area contributed by atoms with Crippen LogP contribution >= 0.6 is 0 Å². The molecule has 1 saturated heterocycles. The smallest absolute Gasteiger partial charge is 0.247 e. The van der Waals surface area contributed by atoms with Gasteiger partial charge in [0.25, 0.3) is 0 Å². The number of nitrogens with zero attached hydrogens (tertiary/aromatic N) is 2. The molecule has 0 bridgehead atoms. The largest absolute Gasteiger partial charge is 0.342 e. The van der Waals surface area contributed by atoms with E-state index < -0.39 is 5.54 Å². The molecule has 1 heterocycles. The summed E-state index contributed by atoms with van der Waals surface area (Å²) in [7, 11) is 1.78. The van der Waals surface area contributed by atoms with Crippen molar-refractivity contribution in [2.24, 2.45) is 17.1 Å². The van der Waals surface area contributed by atoms with Gasteiger partial charge >= 0.3 is 0 Å². The number of amides is 2. The van der Waals surface area contributed by atoms with Crippen LogP contribution in [0.2, 0.25) is 0 Å². The lowest BCUT2D eigenvalue weighted by Crippen LogP contribution is -2.65. The average Bonchev–Trinajstić information content (AvgIpc) is 2.31. The SMILES string of the molecule is CN1CCN(C(=O)C(CN)CC(C)(C)C)C(C)(C)C1=O. The van der Waals surface area contributed by atoms with Crippen molar-refractivity contribution in [3.05, 3.63) is 0 Å². The molecule has 0 radical (unpaired) electrons. The van der Waals surface area contributed by atoms with Gasteiger partial charge in [0.05, 0.1) is 5.92 Å². The highest BCUT2D eigenvalue weighted by molar-refractivity contribution is 5.92. The normalized spacial score (nSPS) is 21.1. The highest BCUT2D eigenvalue weighted by Crippen LogP contribution is 2.29. The minimum absolute atomic E-state index is 0.00822. The Morgan fingerprint density at radius 1 is 1.35 bits per heavy atom. The van der Waals surface area contributed by atoms with Gasteiger partial charge in [0, 0.05) is 26.7 Å². The highest BCUT2D eigenvalue weighted by atomic mass is 16.2. The van der Waals surface area contributed by atoms with Gasteiger partial charge in [0.2, 0.25) is 11.8 Å². The third-order valence-corrected chi connectivity index (χ3v) is 3.96. The summed E-state index contributed by atoms with van der Waals surface area (Å²) in [6, 6.07) is 0. The maximum absolute atomic E-state index is 12.8. The van der Waals surface area contributed by atoms with Crippen LogP contribution in [0, 0.1) is 11.3 Å². The summed E-state index contributed by atoms with van der Waals surface area (Å²) < 4.78 is 0. The van der Waals surface area contributed by atoms with Crippen molar-refractivity contribution in [1.29, 1.82) is 0 Å². The van der Waals surface area contributed by atoms with Crippen molar-refractivity contribution >= 4 is 11.8 Å². The van der Waals surface area contributed by atoms with E-state index in [0.717, 1.165) is 6.42 Å². The van der Waals surface area contributed by atoms with E-state index in [1.54, 1.807) is 16.8 Å². The average molecular weight is 283 g/mol. The Bertz CT molecular complexity index is 385. The van der Waals surface area contributed by atoms with Gasteiger partial charge in [-0.15, -0.1) is 0 Å². The lowest BCUT2D eigenvalue weighted by atomic mass is 9.83. The first kappa shape index (κ1) is 17.0. The summed E-state index contributed by atoms with van der Waals surface area (Å²) >= 11 is 0. The van der Waals surface area contributed by atoms with Crippen molar-refractivity contribution in [3.63, 3.8) is 0 Å². The molecule has 0 aromatic rings. The Kier molecular flexibility index (Phi) is 4.85. The second-order valence-electron chi connectivity index (χ2n) is 7.47. The molecule has 0 saturated carbocycles. The first-order chi connectivity index (χ1) is 9.00. The van der Waals surface area contributed by atoms with Crippen molar-refractivity contribution < 1.29 is 9.59 Å². The van der Waals surface area contributed by atoms with Gasteiger partial charge in [0.15, 0.2) is 0 Å². The number of carbonyl (C=O) groups excluding carboxylic acids is 2. The number of hydrogen-bond acceptors (Lipinski definition) is 3. The summed E-state index contributed by atoms with van der Waals surface area (Å²) in [4.78, 5) is 28.4. The molecule has 0 aromatic heterocycles. The molecule has 1 atom stereocenters. The van der Waals surface area contributed by atoms with Crippen LogP contribution in [0.3, 0.4) is 0 Å². The maximum Gasteiger partial charge on any atom is 0.247 e. The second kappa shape index (κ2) is 5.72. The van der Waals surface area contributed by atoms with Gasteiger partial charge in [-0.1, -0.05) is 20.8 Å². The number of piperazine rings is 1. The van der Waals surface area contributed by atoms with Crippen LogP contribution in [0.1, 0.15) is 41.0 Å². The van der Waals surface area contributed by atoms with Crippen molar-refractivity contribution in [2.75, 3.05) is 26.7 Å². The van der Waals surface area contributed by atoms with Gasteiger partial charge in [-0.25, -0.2) is 0 Å². The fourth-order valence-corrected chi connectivity index (χ4v) is 2.83. The maximum atomic E-state index is 12.8. The first-order valence-corrected chi connectivity index (χ1v) is 7.28. The third-order valence-electron chi connectivity index (χ3n) is 3.96. The van der Waals surface area contributed by atoms with Gasteiger partial charge in [-0.05, 0) is 25.7 Å². The Hall–Kier alpha value is -1.10. The second-order valence-corrected chi connectivity index (χ2v) is 7.47. The zero-order chi connectivity index (χ0) is 15.7. The molecule has 1 rings (SSSR count). The molecule has 2 amide bonds. The van der Waals surface area contributed by atoms with E-state index >= 15 is 0 Å². The van der Waals surface area contributed by atoms with Gasteiger partial charge in [0.1, 0.15) is 5.54 Å². The van der Waals surface area contributed by atoms with Gasteiger partial charge in [-0.3, -0.25) is 9.59 Å². The monoisotopic (exact) mass is 283 g/mol. The predicted octanol–water partition coefficient (Wildman–Crippen LogP) is 1.08. The fourth-order valence-electron chi connectivity index (χ4n) is 2.83. The van der Waals surface area contributed by atoms with Crippen molar-refractivity contribution in [1.82, 2.24) is 9.80 Å². The van der Waals surface area contributed by atoms with Crippen molar-refractivity contribution in [3.8, 4) is 0 Å². The lowest BCUT2D eigenvalue weighted by Gasteiger charge is -2.46. The summed E-state index contributed by atoms with van der Waals surface area (Å²) in [5.74, 6) is -0.219. The Morgan fingerprint density at radius 3 is 2.35 bits per heavy atom. The third kappa shape index (κ3) is 3.51. The molecule has 0 aromatic carbocycles. The Balaban J connectivity index is 2.92. The van der Waals surface area contributed by atoms with Crippen LogP contribution in [0.5, 0.6) is 0 Å². The molecular weight excluding hydrogens is 254 g/mol. The molecule has 1 unspecified atom stereocenters. The number of nitrogens with two attached hydrogens (primary N) is 1. The highest BCUT2D eigenvalue weighted by Gasteiger charge is 2.44. The Labute approximate surface area is 122 Å². The van der Waals surface area contributed by atoms with Crippen LogP contribution in [0.15, 0.2) is 0 Å². The molecular formula is C15H29N3O2. The molecule has 0 spiro atoms. The standard InChI is InChI=1S/C15H29N3O2/c1-14(2,3)9-11(10-16)12(19)18-8-7-17(6)13(20)15(18,4)5/h11H,7-10,16H2,1-6H3. The molecule has 1 fully saturated rings. The van der Waals surface area contributed by atoms with Crippen LogP contribution in [-0.4, -0.2) is 53.8 Å². The molecule has 5 nitrogen and oxygen atoms in total. The van der Waals surface area contributed by atoms with E-state index in [0.29, 0.717) is 19.6 Å². The summed E-state index contributed by atoms with van der Waals surface area (Å²) in [6.07, 6.45) is 0.735. The van der Waals surface area contributed by atoms with Gasteiger partial charge in [-0.2, -0.15) is 0 Å². The molecule has 116 valence electrons. The fraction of sp³-hybridized carbons (Fsp3) is 0.867. The molecule has 5 heteroatoms. The minimum Gasteiger partial charge on any atom is -0.342 e. The van der Waals surface area contributed by atoms with Crippen LogP contribution < -0.4 is 5.73 Å². The molecule has 2 N–H and O–H groups in total. The van der Waals surface area contributed by atoms with Crippen LogP contribution in [-0.2, 0) is 9.59 Å². The summed E-state index contributed by atoms with van der Waals surface area (Å²) in [6.45, 7) is 11.4. The molecule has 0 aliphatic carbocycles. The van der Waals surface area contributed by atoms with E-state index in [2.05, 4.69) is 20.8 Å². The van der Waals surface area contributed by atoms with Crippen molar-refractivity contribution in [2.45, 2.75) is 46.6 Å². The zero-order valence-electron chi connectivity index (χ0n) is 13.7. The van der Waals surface area contributed by atoms with Crippen LogP contribution in [0.25, 0.3) is 0 Å². The van der Waals surface area contributed by atoms with Crippen LogP contribution in [0.4, 0.5) is 0 Å². The lowest BCUT2D eigenvalue weighted by molar-refractivity contribution is -0.159. The number of likely N-dealkylation sites (N-methyl/N-ethyl adjacent to an activating group) is 1. The van der Waals surface area contributed by atoms with E-state index in [1.165, 1.54) is 0 Å². The number of carbonyl (C=O) groups is 2. The van der Waals surface area contributed by atoms with E-state index in [4.69, 9.17) is 5.73 Å². The summed E-state index contributed by atoms with van der Waals surface area (Å²) in [5, 5.41) is 0. The van der Waals surface area contributed by atoms with E-state index in [1.807, 2.05) is 13.8 Å². The topological polar surface area (TPSA) is 66.6 Å². The van der Waals surface area contributed by atoms with E-state index in [-0.39, 0.29) is 23.1 Å². The number of hydrogen-bond donors (Lipinski definition) is 1. The molecule has 20 heavy (non-hydrogen) atoms. The molecule has 1 aliphatic heterocycles. The predicted molar refractivity (Wildman–Crippen MR) is 80.0 cm³/mol. The summed E-state index contributed by atoms with van der Waals surface area (Å²) in [5.41, 5.74) is 5.05. The number of rotatable bonds is 3. The van der Waals surface area contributed by atoms with E-state index in [9.17, 15) is 9.59 Å². The molecule has 1 aliphatic rings. The first-order valence-electron chi connectivity index (χ1n) is 7.28. The Morgan fingerprint density at radius 2 is 1.90 bits per heavy atom.